The van der Waals surface area contributed by atoms with Gasteiger partial charge in [-0.15, -0.1) is 11.8 Å². The van der Waals surface area contributed by atoms with Gasteiger partial charge in [-0.3, -0.25) is 14.4 Å². The van der Waals surface area contributed by atoms with Gasteiger partial charge in [0, 0.05) is 16.7 Å². The summed E-state index contributed by atoms with van der Waals surface area (Å²) in [5.74, 6) is -1.02. The van der Waals surface area contributed by atoms with Crippen LogP contribution >= 0.6 is 11.8 Å². The maximum absolute atomic E-state index is 12.7. The Kier molecular flexibility index (Phi) is 7.35. The Labute approximate surface area is 179 Å². The Hall–Kier alpha value is -3.00. The summed E-state index contributed by atoms with van der Waals surface area (Å²) < 4.78 is 10.2. The molecule has 30 heavy (non-hydrogen) atoms. The van der Waals surface area contributed by atoms with Crippen molar-refractivity contribution in [2.45, 2.75) is 23.5 Å². The van der Waals surface area contributed by atoms with Gasteiger partial charge in [0.15, 0.2) is 6.61 Å². The van der Waals surface area contributed by atoms with Crippen LogP contribution in [0.25, 0.3) is 0 Å². The average Bonchev–Trinajstić information content (AvgIpc) is 2.93. The van der Waals surface area contributed by atoms with E-state index in [0.717, 1.165) is 17.0 Å². The van der Waals surface area contributed by atoms with Crippen molar-refractivity contribution in [1.82, 2.24) is 5.32 Å². The molecule has 0 fully saturated rings. The van der Waals surface area contributed by atoms with Crippen LogP contribution in [0.1, 0.15) is 23.7 Å². The number of esters is 1. The Balaban J connectivity index is 1.53. The molecule has 7 nitrogen and oxygen atoms in total. The number of hydrogen-bond donors (Lipinski definition) is 1. The van der Waals surface area contributed by atoms with E-state index in [1.165, 1.54) is 7.11 Å². The molecule has 1 aliphatic rings. The van der Waals surface area contributed by atoms with E-state index in [-0.39, 0.29) is 19.1 Å². The van der Waals surface area contributed by atoms with Crippen LogP contribution in [0, 0.1) is 0 Å². The summed E-state index contributed by atoms with van der Waals surface area (Å²) in [6.45, 7) is 1.97. The summed E-state index contributed by atoms with van der Waals surface area (Å²) in [6.07, 6.45) is 0.841. The van der Waals surface area contributed by atoms with Crippen LogP contribution in [-0.4, -0.2) is 49.8 Å². The number of carbonyl (C=O) groups excluding carboxylic acids is 3. The molecule has 0 aromatic heterocycles. The number of hydrogen-bond acceptors (Lipinski definition) is 6. The van der Waals surface area contributed by atoms with E-state index in [9.17, 15) is 14.4 Å². The third-order valence-electron chi connectivity index (χ3n) is 4.65. The SMILES string of the molecule is COc1ccccc1C(=O)NCC(=O)OCC(=O)N1CCC(C)Sc2ccccc21. The number of nitrogens with one attached hydrogen (secondary N) is 1. The first-order chi connectivity index (χ1) is 14.5. The Morgan fingerprint density at radius 2 is 1.87 bits per heavy atom. The lowest BCUT2D eigenvalue weighted by atomic mass is 10.2. The zero-order valence-corrected chi connectivity index (χ0v) is 17.7. The van der Waals surface area contributed by atoms with Crippen LogP contribution in [-0.2, 0) is 14.3 Å². The van der Waals surface area contributed by atoms with Crippen LogP contribution in [0.3, 0.4) is 0 Å². The van der Waals surface area contributed by atoms with Crippen molar-refractivity contribution in [2.75, 3.05) is 31.7 Å². The Morgan fingerprint density at radius 3 is 2.67 bits per heavy atom. The molecule has 1 unspecified atom stereocenters. The fraction of sp³-hybridized carbons (Fsp3) is 0.318. The highest BCUT2D eigenvalue weighted by Gasteiger charge is 2.25. The van der Waals surface area contributed by atoms with E-state index in [4.69, 9.17) is 9.47 Å². The number of rotatable bonds is 6. The number of para-hydroxylation sites is 2. The first-order valence-corrected chi connectivity index (χ1v) is 10.5. The fourth-order valence-corrected chi connectivity index (χ4v) is 4.21. The molecule has 1 N–H and O–H groups in total. The average molecular weight is 429 g/mol. The van der Waals surface area contributed by atoms with Gasteiger partial charge in [-0.25, -0.2) is 0 Å². The summed E-state index contributed by atoms with van der Waals surface area (Å²) in [4.78, 5) is 39.7. The monoisotopic (exact) mass is 428 g/mol. The molecule has 158 valence electrons. The predicted molar refractivity (Wildman–Crippen MR) is 115 cm³/mol. The van der Waals surface area contributed by atoms with E-state index in [0.29, 0.717) is 23.1 Å². The third kappa shape index (κ3) is 5.33. The molecule has 1 atom stereocenters. The van der Waals surface area contributed by atoms with Crippen molar-refractivity contribution in [1.29, 1.82) is 0 Å². The zero-order chi connectivity index (χ0) is 21.5. The third-order valence-corrected chi connectivity index (χ3v) is 5.88. The standard InChI is InChI=1S/C22H24N2O5S/c1-15-11-12-24(17-8-4-6-10-19(17)30-15)20(25)14-29-21(26)13-23-22(27)16-7-3-5-9-18(16)28-2/h3-10,15H,11-14H2,1-2H3,(H,23,27). The predicted octanol–water partition coefficient (Wildman–Crippen LogP) is 2.89. The number of anilines is 1. The van der Waals surface area contributed by atoms with Crippen LogP contribution in [0.2, 0.25) is 0 Å². The summed E-state index contributed by atoms with van der Waals surface area (Å²) in [5.41, 5.74) is 1.15. The van der Waals surface area contributed by atoms with Gasteiger partial charge in [-0.05, 0) is 30.7 Å². The smallest absolute Gasteiger partial charge is 0.325 e. The number of carbonyl (C=O) groups is 3. The van der Waals surface area contributed by atoms with Crippen molar-refractivity contribution in [3.63, 3.8) is 0 Å². The van der Waals surface area contributed by atoms with Crippen LogP contribution in [0.5, 0.6) is 5.75 Å². The minimum atomic E-state index is -0.683. The van der Waals surface area contributed by atoms with E-state index >= 15 is 0 Å². The fourth-order valence-electron chi connectivity index (χ4n) is 3.10. The van der Waals surface area contributed by atoms with Gasteiger partial charge in [0.2, 0.25) is 0 Å². The number of benzene rings is 2. The first-order valence-electron chi connectivity index (χ1n) is 9.62. The number of fused-ring (bicyclic) bond motifs is 1. The van der Waals surface area contributed by atoms with E-state index in [2.05, 4.69) is 12.2 Å². The largest absolute Gasteiger partial charge is 0.496 e. The molecule has 0 radical (unpaired) electrons. The molecule has 8 heteroatoms. The van der Waals surface area contributed by atoms with Gasteiger partial charge < -0.3 is 19.7 Å². The molecule has 2 aromatic rings. The normalized spacial score (nSPS) is 15.5. The second-order valence-corrected chi connectivity index (χ2v) is 8.25. The van der Waals surface area contributed by atoms with Crippen LogP contribution in [0.4, 0.5) is 5.69 Å². The second kappa shape index (κ2) is 10.2. The summed E-state index contributed by atoms with van der Waals surface area (Å²) in [7, 11) is 1.46. The van der Waals surface area contributed by atoms with Gasteiger partial charge >= 0.3 is 5.97 Å². The number of ether oxygens (including phenoxy) is 2. The first kappa shape index (κ1) is 21.7. The van der Waals surface area contributed by atoms with E-state index in [1.807, 2.05) is 24.3 Å². The van der Waals surface area contributed by atoms with Gasteiger partial charge in [-0.1, -0.05) is 31.2 Å². The number of thioether (sulfide) groups is 1. The molecule has 1 heterocycles. The van der Waals surface area contributed by atoms with Crippen LogP contribution < -0.4 is 15.0 Å². The van der Waals surface area contributed by atoms with Gasteiger partial charge in [0.1, 0.15) is 12.3 Å². The summed E-state index contributed by atoms with van der Waals surface area (Å²) in [6, 6.07) is 14.4. The molecule has 0 aliphatic carbocycles. The molecular weight excluding hydrogens is 404 g/mol. The maximum atomic E-state index is 12.7. The molecule has 0 saturated carbocycles. The van der Waals surface area contributed by atoms with Crippen LogP contribution in [0.15, 0.2) is 53.4 Å². The molecule has 2 aromatic carbocycles. The maximum Gasteiger partial charge on any atom is 0.325 e. The summed E-state index contributed by atoms with van der Waals surface area (Å²) in [5, 5.41) is 2.87. The van der Waals surface area contributed by atoms with Crippen molar-refractivity contribution >= 4 is 35.2 Å². The highest BCUT2D eigenvalue weighted by molar-refractivity contribution is 8.00. The van der Waals surface area contributed by atoms with E-state index < -0.39 is 11.9 Å². The molecule has 0 spiro atoms. The van der Waals surface area contributed by atoms with Crippen molar-refractivity contribution in [3.05, 3.63) is 54.1 Å². The quantitative estimate of drug-likeness (QED) is 0.713. The lowest BCUT2D eigenvalue weighted by Gasteiger charge is -2.22. The lowest BCUT2D eigenvalue weighted by molar-refractivity contribution is -0.146. The Morgan fingerprint density at radius 1 is 1.13 bits per heavy atom. The van der Waals surface area contributed by atoms with Crippen molar-refractivity contribution in [2.24, 2.45) is 0 Å². The minimum Gasteiger partial charge on any atom is -0.496 e. The lowest BCUT2D eigenvalue weighted by Crippen LogP contribution is -2.37. The highest BCUT2D eigenvalue weighted by atomic mass is 32.2. The highest BCUT2D eigenvalue weighted by Crippen LogP contribution is 2.37. The second-order valence-electron chi connectivity index (χ2n) is 6.77. The minimum absolute atomic E-state index is 0.290. The molecule has 2 amide bonds. The van der Waals surface area contributed by atoms with Gasteiger partial charge in [0.05, 0.1) is 18.4 Å². The van der Waals surface area contributed by atoms with Crippen molar-refractivity contribution < 1.29 is 23.9 Å². The van der Waals surface area contributed by atoms with E-state index in [1.54, 1.807) is 40.9 Å². The van der Waals surface area contributed by atoms with Gasteiger partial charge in [-0.2, -0.15) is 0 Å². The topological polar surface area (TPSA) is 84.9 Å². The number of amides is 2. The molecule has 1 aliphatic heterocycles. The Bertz CT molecular complexity index is 933. The molecule has 0 saturated heterocycles. The molecular formula is C22H24N2O5S. The number of methoxy groups -OCH3 is 1. The zero-order valence-electron chi connectivity index (χ0n) is 16.9. The van der Waals surface area contributed by atoms with Crippen molar-refractivity contribution in [3.8, 4) is 5.75 Å². The molecule has 3 rings (SSSR count). The molecule has 0 bridgehead atoms. The van der Waals surface area contributed by atoms with Gasteiger partial charge in [0.25, 0.3) is 11.8 Å². The number of nitrogens with zero attached hydrogens (tertiary/aromatic N) is 1. The summed E-state index contributed by atoms with van der Waals surface area (Å²) >= 11 is 1.73.